The molecular formula is C19H34N6O4. The average molecular weight is 411 g/mol. The van der Waals surface area contributed by atoms with Crippen LogP contribution in [0.25, 0.3) is 0 Å². The fourth-order valence-corrected chi connectivity index (χ4v) is 4.21. The Morgan fingerprint density at radius 3 is 2.48 bits per heavy atom. The van der Waals surface area contributed by atoms with Crippen LogP contribution in [0.4, 0.5) is 0 Å². The quantitative estimate of drug-likeness (QED) is 0.270. The summed E-state index contributed by atoms with van der Waals surface area (Å²) in [6.07, 6.45) is 6.21. The molecule has 164 valence electrons. The summed E-state index contributed by atoms with van der Waals surface area (Å²) in [4.78, 5) is 39.4. The number of nitrogens with one attached hydrogen (secondary N) is 2. The molecule has 10 nitrogen and oxygen atoms in total. The number of guanidine groups is 1. The fraction of sp³-hybridized carbons (Fsp3) is 0.789. The van der Waals surface area contributed by atoms with Gasteiger partial charge in [0.2, 0.25) is 11.8 Å². The first-order chi connectivity index (χ1) is 13.8. The van der Waals surface area contributed by atoms with Crippen molar-refractivity contribution in [1.29, 1.82) is 5.41 Å². The largest absolute Gasteiger partial charge is 0.480 e. The van der Waals surface area contributed by atoms with Crippen molar-refractivity contribution in [2.45, 2.75) is 63.5 Å². The second kappa shape index (κ2) is 11.0. The van der Waals surface area contributed by atoms with Crippen LogP contribution >= 0.6 is 0 Å². The summed E-state index contributed by atoms with van der Waals surface area (Å²) < 4.78 is 0. The number of hydrogen-bond donors (Lipinski definition) is 5. The molecule has 1 saturated heterocycles. The van der Waals surface area contributed by atoms with E-state index < -0.39 is 17.9 Å². The number of carboxylic acid groups (broad SMARTS) is 1. The molecule has 2 rings (SSSR count). The molecule has 10 heteroatoms. The number of rotatable bonds is 8. The molecule has 1 heterocycles. The number of carbonyl (C=O) groups excluding carboxylic acids is 2. The van der Waals surface area contributed by atoms with Crippen LogP contribution in [0.2, 0.25) is 0 Å². The van der Waals surface area contributed by atoms with E-state index in [0.29, 0.717) is 13.1 Å². The lowest BCUT2D eigenvalue weighted by Gasteiger charge is -2.35. The second-order valence-electron chi connectivity index (χ2n) is 8.11. The van der Waals surface area contributed by atoms with Crippen LogP contribution in [0.5, 0.6) is 0 Å². The molecule has 29 heavy (non-hydrogen) atoms. The lowest BCUT2D eigenvalue weighted by molar-refractivity contribution is -0.147. The van der Waals surface area contributed by atoms with Crippen LogP contribution in [-0.2, 0) is 14.4 Å². The lowest BCUT2D eigenvalue weighted by Crippen LogP contribution is -2.52. The minimum atomic E-state index is -1.08. The predicted molar refractivity (Wildman–Crippen MR) is 108 cm³/mol. The van der Waals surface area contributed by atoms with Crippen molar-refractivity contribution in [3.05, 3.63) is 0 Å². The Morgan fingerprint density at radius 2 is 1.86 bits per heavy atom. The first-order valence-corrected chi connectivity index (χ1v) is 10.4. The third-order valence-corrected chi connectivity index (χ3v) is 5.77. The van der Waals surface area contributed by atoms with E-state index in [-0.39, 0.29) is 36.8 Å². The summed E-state index contributed by atoms with van der Waals surface area (Å²) in [5, 5.41) is 19.5. The van der Waals surface area contributed by atoms with Gasteiger partial charge in [-0.05, 0) is 31.6 Å². The van der Waals surface area contributed by atoms with Crippen LogP contribution in [0.1, 0.15) is 51.4 Å². The molecule has 0 radical (unpaired) electrons. The summed E-state index contributed by atoms with van der Waals surface area (Å²) >= 11 is 0. The molecule has 0 aromatic carbocycles. The molecule has 0 unspecified atom stereocenters. The third-order valence-electron chi connectivity index (χ3n) is 5.77. The van der Waals surface area contributed by atoms with Gasteiger partial charge in [0.15, 0.2) is 5.96 Å². The summed E-state index contributed by atoms with van der Waals surface area (Å²) in [5.74, 6) is -1.66. The van der Waals surface area contributed by atoms with E-state index in [2.05, 4.69) is 5.32 Å². The maximum atomic E-state index is 12.8. The highest BCUT2D eigenvalue weighted by atomic mass is 16.4. The number of nitrogens with two attached hydrogens (primary N) is 2. The topological polar surface area (TPSA) is 166 Å². The molecule has 0 aromatic rings. The molecule has 0 aromatic heterocycles. The zero-order valence-electron chi connectivity index (χ0n) is 16.9. The van der Waals surface area contributed by atoms with Crippen molar-refractivity contribution in [1.82, 2.24) is 15.1 Å². The van der Waals surface area contributed by atoms with Crippen molar-refractivity contribution in [3.8, 4) is 0 Å². The summed E-state index contributed by atoms with van der Waals surface area (Å²) in [6.45, 7) is 1.42. The number of carbonyl (C=O) groups is 3. The van der Waals surface area contributed by atoms with Gasteiger partial charge in [0.05, 0.1) is 12.5 Å². The lowest BCUT2D eigenvalue weighted by atomic mass is 9.93. The maximum Gasteiger partial charge on any atom is 0.323 e. The second-order valence-corrected chi connectivity index (χ2v) is 8.11. The van der Waals surface area contributed by atoms with Crippen LogP contribution in [-0.4, -0.2) is 76.9 Å². The Hall–Kier alpha value is -2.36. The third kappa shape index (κ3) is 7.19. The Labute approximate surface area is 171 Å². The number of nitrogens with zero attached hydrogens (tertiary/aromatic N) is 2. The Balaban J connectivity index is 1.83. The highest BCUT2D eigenvalue weighted by molar-refractivity contribution is 5.90. The van der Waals surface area contributed by atoms with Gasteiger partial charge in [-0.1, -0.05) is 19.3 Å². The van der Waals surface area contributed by atoms with E-state index in [1.165, 1.54) is 4.90 Å². The summed E-state index contributed by atoms with van der Waals surface area (Å²) in [6, 6.07) is -1.18. The van der Waals surface area contributed by atoms with Crippen molar-refractivity contribution < 1.29 is 19.5 Å². The SMILES string of the molecule is N=C(N)N1CCC[C@@H](CNC(=O)C[C@H](N)C(=O)N(CC(=O)O)C2CCCCC2)C1. The van der Waals surface area contributed by atoms with Crippen LogP contribution in [0, 0.1) is 11.3 Å². The molecule has 2 aliphatic rings. The molecule has 2 amide bonds. The van der Waals surface area contributed by atoms with Gasteiger partial charge in [0, 0.05) is 25.7 Å². The Kier molecular flexibility index (Phi) is 8.69. The zero-order valence-corrected chi connectivity index (χ0v) is 16.9. The summed E-state index contributed by atoms with van der Waals surface area (Å²) in [7, 11) is 0. The highest BCUT2D eigenvalue weighted by Crippen LogP contribution is 2.23. The van der Waals surface area contributed by atoms with Gasteiger partial charge in [0.1, 0.15) is 6.54 Å². The zero-order chi connectivity index (χ0) is 21.4. The van der Waals surface area contributed by atoms with E-state index in [0.717, 1.165) is 51.5 Å². The van der Waals surface area contributed by atoms with E-state index in [9.17, 15) is 19.5 Å². The number of carboxylic acids is 1. The van der Waals surface area contributed by atoms with Crippen molar-refractivity contribution in [2.24, 2.45) is 17.4 Å². The van der Waals surface area contributed by atoms with Crippen LogP contribution < -0.4 is 16.8 Å². The van der Waals surface area contributed by atoms with E-state index in [4.69, 9.17) is 16.9 Å². The van der Waals surface area contributed by atoms with Crippen molar-refractivity contribution in [3.63, 3.8) is 0 Å². The summed E-state index contributed by atoms with van der Waals surface area (Å²) in [5.41, 5.74) is 11.5. The van der Waals surface area contributed by atoms with Crippen molar-refractivity contribution in [2.75, 3.05) is 26.2 Å². The molecule has 1 aliphatic carbocycles. The smallest absolute Gasteiger partial charge is 0.323 e. The Morgan fingerprint density at radius 1 is 1.17 bits per heavy atom. The molecule has 1 saturated carbocycles. The van der Waals surface area contributed by atoms with Gasteiger partial charge in [-0.2, -0.15) is 0 Å². The van der Waals surface area contributed by atoms with E-state index >= 15 is 0 Å². The van der Waals surface area contributed by atoms with Gasteiger partial charge in [0.25, 0.3) is 0 Å². The molecule has 2 atom stereocenters. The molecule has 1 aliphatic heterocycles. The van der Waals surface area contributed by atoms with Crippen LogP contribution in [0.3, 0.4) is 0 Å². The molecular weight excluding hydrogens is 376 g/mol. The number of piperidine rings is 1. The number of amides is 2. The maximum absolute atomic E-state index is 12.8. The minimum absolute atomic E-state index is 0.0369. The van der Waals surface area contributed by atoms with Gasteiger partial charge in [-0.15, -0.1) is 0 Å². The van der Waals surface area contributed by atoms with Gasteiger partial charge < -0.3 is 31.7 Å². The van der Waals surface area contributed by atoms with E-state index in [1.54, 1.807) is 4.90 Å². The normalized spacial score (nSPS) is 21.3. The Bertz CT molecular complexity index is 608. The number of aliphatic carboxylic acids is 1. The highest BCUT2D eigenvalue weighted by Gasteiger charge is 2.31. The van der Waals surface area contributed by atoms with E-state index in [1.807, 2.05) is 0 Å². The molecule has 7 N–H and O–H groups in total. The van der Waals surface area contributed by atoms with Gasteiger partial charge in [-0.25, -0.2) is 0 Å². The average Bonchev–Trinajstić information content (AvgIpc) is 2.70. The first-order valence-electron chi connectivity index (χ1n) is 10.4. The first kappa shape index (κ1) is 22.9. The molecule has 0 bridgehead atoms. The predicted octanol–water partition coefficient (Wildman–Crippen LogP) is -0.329. The molecule has 0 spiro atoms. The minimum Gasteiger partial charge on any atom is -0.480 e. The number of likely N-dealkylation sites (tertiary alicyclic amines) is 1. The van der Waals surface area contributed by atoms with Gasteiger partial charge >= 0.3 is 5.97 Å². The fourth-order valence-electron chi connectivity index (χ4n) is 4.21. The molecule has 2 fully saturated rings. The van der Waals surface area contributed by atoms with Gasteiger partial charge in [-0.3, -0.25) is 19.8 Å². The van der Waals surface area contributed by atoms with Crippen LogP contribution in [0.15, 0.2) is 0 Å². The number of hydrogen-bond acceptors (Lipinski definition) is 5. The standard InChI is InChI=1S/C19H34N6O4/c20-15(18(29)25(12-17(27)28)14-6-2-1-3-7-14)9-16(26)23-10-13-5-4-8-24(11-13)19(21)22/h13-15H,1-12,20H2,(H3,21,22)(H,23,26)(H,27,28)/t13-,15-/m0/s1. The monoisotopic (exact) mass is 410 g/mol. The van der Waals surface area contributed by atoms with Crippen molar-refractivity contribution >= 4 is 23.7 Å².